The molecule has 3 aromatic rings. The lowest BCUT2D eigenvalue weighted by molar-refractivity contribution is 0.0689. The predicted molar refractivity (Wildman–Crippen MR) is 99.1 cm³/mol. The molecule has 0 unspecified atom stereocenters. The fourth-order valence-corrected chi connectivity index (χ4v) is 3.13. The van der Waals surface area contributed by atoms with Gasteiger partial charge >= 0.3 is 0 Å². The molecule has 0 spiro atoms. The molecular formula is C19H18ClFN4O2. The number of nitrogens with zero attached hydrogens (tertiary/aromatic N) is 4. The molecule has 6 nitrogen and oxygen atoms in total. The largest absolute Gasteiger partial charge is 0.339 e. The number of aromatic nitrogens is 3. The maximum absolute atomic E-state index is 13.1. The maximum atomic E-state index is 13.1. The summed E-state index contributed by atoms with van der Waals surface area (Å²) in [5, 5.41) is 4.00. The van der Waals surface area contributed by atoms with Crippen molar-refractivity contribution in [1.82, 2.24) is 20.0 Å². The van der Waals surface area contributed by atoms with Crippen LogP contribution in [-0.4, -0.2) is 39.0 Å². The fraction of sp³-hybridized carbons (Fsp3) is 0.263. The fourth-order valence-electron chi connectivity index (χ4n) is 3.13. The number of pyridine rings is 1. The van der Waals surface area contributed by atoms with Crippen molar-refractivity contribution in [2.45, 2.75) is 18.8 Å². The monoisotopic (exact) mass is 388 g/mol. The van der Waals surface area contributed by atoms with E-state index in [0.717, 1.165) is 12.8 Å². The highest BCUT2D eigenvalue weighted by atomic mass is 35.5. The molecule has 8 heteroatoms. The second kappa shape index (κ2) is 8.26. The molecule has 1 aliphatic heterocycles. The summed E-state index contributed by atoms with van der Waals surface area (Å²) in [6.07, 6.45) is 3.34. The minimum absolute atomic E-state index is 0. The number of hydrogen-bond acceptors (Lipinski definition) is 5. The number of hydrogen-bond donors (Lipinski definition) is 0. The van der Waals surface area contributed by atoms with E-state index < -0.39 is 0 Å². The molecule has 27 heavy (non-hydrogen) atoms. The molecular weight excluding hydrogens is 371 g/mol. The number of likely N-dealkylation sites (tertiary alicyclic amines) is 1. The summed E-state index contributed by atoms with van der Waals surface area (Å²) in [4.78, 5) is 22.9. The van der Waals surface area contributed by atoms with Gasteiger partial charge in [0.2, 0.25) is 11.7 Å². The Morgan fingerprint density at radius 1 is 1.19 bits per heavy atom. The average molecular weight is 389 g/mol. The van der Waals surface area contributed by atoms with Crippen LogP contribution in [-0.2, 0) is 0 Å². The zero-order chi connectivity index (χ0) is 17.9. The van der Waals surface area contributed by atoms with E-state index in [2.05, 4.69) is 15.1 Å². The van der Waals surface area contributed by atoms with E-state index in [1.807, 2.05) is 0 Å². The van der Waals surface area contributed by atoms with E-state index in [4.69, 9.17) is 4.52 Å². The first-order valence-electron chi connectivity index (χ1n) is 8.50. The summed E-state index contributed by atoms with van der Waals surface area (Å²) in [5.74, 6) is 0.510. The minimum atomic E-state index is -0.312. The quantitative estimate of drug-likeness (QED) is 0.683. The van der Waals surface area contributed by atoms with Gasteiger partial charge in [-0.15, -0.1) is 12.4 Å². The number of halogens is 2. The van der Waals surface area contributed by atoms with E-state index >= 15 is 0 Å². The van der Waals surface area contributed by atoms with Gasteiger partial charge in [0.05, 0.1) is 5.92 Å². The Balaban J connectivity index is 0.00000210. The van der Waals surface area contributed by atoms with E-state index in [1.54, 1.807) is 41.4 Å². The van der Waals surface area contributed by atoms with Crippen molar-refractivity contribution in [3.05, 3.63) is 66.1 Å². The first-order valence-corrected chi connectivity index (χ1v) is 8.50. The molecule has 140 valence electrons. The van der Waals surface area contributed by atoms with Crippen molar-refractivity contribution in [3.63, 3.8) is 0 Å². The van der Waals surface area contributed by atoms with E-state index in [1.165, 1.54) is 12.1 Å². The third-order valence-electron chi connectivity index (χ3n) is 4.49. The Labute approximate surface area is 161 Å². The predicted octanol–water partition coefficient (Wildman–Crippen LogP) is 3.71. The average Bonchev–Trinajstić information content (AvgIpc) is 3.19. The van der Waals surface area contributed by atoms with Crippen LogP contribution in [0.1, 0.15) is 35.1 Å². The van der Waals surface area contributed by atoms with Gasteiger partial charge in [-0.3, -0.25) is 9.78 Å². The van der Waals surface area contributed by atoms with Crippen LogP contribution in [0.4, 0.5) is 4.39 Å². The SMILES string of the molecule is Cl.O=C(c1ccccn1)N1CCC[C@H](c2nc(-c3ccc(F)cc3)no2)C1. The second-order valence-corrected chi connectivity index (χ2v) is 6.27. The Bertz CT molecular complexity index is 902. The molecule has 0 aliphatic carbocycles. The Morgan fingerprint density at radius 3 is 2.74 bits per heavy atom. The van der Waals surface area contributed by atoms with Crippen LogP contribution in [0.3, 0.4) is 0 Å². The van der Waals surface area contributed by atoms with Gasteiger partial charge in [-0.25, -0.2) is 4.39 Å². The highest BCUT2D eigenvalue weighted by Gasteiger charge is 2.29. The lowest BCUT2D eigenvalue weighted by Crippen LogP contribution is -2.39. The molecule has 0 radical (unpaired) electrons. The van der Waals surface area contributed by atoms with Crippen molar-refractivity contribution in [1.29, 1.82) is 0 Å². The van der Waals surface area contributed by atoms with E-state index in [9.17, 15) is 9.18 Å². The zero-order valence-corrected chi connectivity index (χ0v) is 15.2. The third kappa shape index (κ3) is 4.14. The normalized spacial score (nSPS) is 16.6. The summed E-state index contributed by atoms with van der Waals surface area (Å²) in [7, 11) is 0. The molecule has 1 fully saturated rings. The second-order valence-electron chi connectivity index (χ2n) is 6.27. The Hall–Kier alpha value is -2.80. The molecule has 1 amide bonds. The van der Waals surface area contributed by atoms with Crippen LogP contribution in [0.2, 0.25) is 0 Å². The number of carbonyl (C=O) groups excluding carboxylic acids is 1. The van der Waals surface area contributed by atoms with Gasteiger partial charge in [-0.1, -0.05) is 11.2 Å². The van der Waals surface area contributed by atoms with Gasteiger partial charge in [0.25, 0.3) is 5.91 Å². The zero-order valence-electron chi connectivity index (χ0n) is 14.4. The van der Waals surface area contributed by atoms with Crippen LogP contribution in [0.25, 0.3) is 11.4 Å². The first kappa shape index (κ1) is 19.0. The van der Waals surface area contributed by atoms with Crippen molar-refractivity contribution in [3.8, 4) is 11.4 Å². The number of amides is 1. The summed E-state index contributed by atoms with van der Waals surface area (Å²) in [6.45, 7) is 1.20. The van der Waals surface area contributed by atoms with Crippen molar-refractivity contribution in [2.24, 2.45) is 0 Å². The molecule has 4 rings (SSSR count). The van der Waals surface area contributed by atoms with Crippen LogP contribution < -0.4 is 0 Å². The van der Waals surface area contributed by atoms with E-state index in [-0.39, 0.29) is 30.0 Å². The van der Waals surface area contributed by atoms with E-state index in [0.29, 0.717) is 36.1 Å². The summed E-state index contributed by atoms with van der Waals surface area (Å²) in [5.41, 5.74) is 1.13. The topological polar surface area (TPSA) is 72.1 Å². The van der Waals surface area contributed by atoms with Crippen molar-refractivity contribution >= 4 is 18.3 Å². The van der Waals surface area contributed by atoms with Gasteiger partial charge < -0.3 is 9.42 Å². The van der Waals surface area contributed by atoms with Crippen LogP contribution in [0.5, 0.6) is 0 Å². The molecule has 0 bridgehead atoms. The Morgan fingerprint density at radius 2 is 2.00 bits per heavy atom. The number of carbonyl (C=O) groups is 1. The van der Waals surface area contributed by atoms with Crippen LogP contribution in [0, 0.1) is 5.82 Å². The van der Waals surface area contributed by atoms with Crippen molar-refractivity contribution in [2.75, 3.05) is 13.1 Å². The molecule has 0 saturated carbocycles. The molecule has 3 heterocycles. The third-order valence-corrected chi connectivity index (χ3v) is 4.49. The maximum Gasteiger partial charge on any atom is 0.272 e. The highest BCUT2D eigenvalue weighted by Crippen LogP contribution is 2.28. The molecule has 1 atom stereocenters. The van der Waals surface area contributed by atoms with Gasteiger partial charge in [-0.05, 0) is 49.2 Å². The first-order chi connectivity index (χ1) is 12.7. The number of benzene rings is 1. The number of piperidine rings is 1. The summed E-state index contributed by atoms with van der Waals surface area (Å²) < 4.78 is 18.5. The lowest BCUT2D eigenvalue weighted by Gasteiger charge is -2.30. The smallest absolute Gasteiger partial charge is 0.272 e. The lowest BCUT2D eigenvalue weighted by atomic mass is 9.97. The minimum Gasteiger partial charge on any atom is -0.339 e. The Kier molecular flexibility index (Phi) is 5.81. The summed E-state index contributed by atoms with van der Waals surface area (Å²) in [6, 6.07) is 11.2. The van der Waals surface area contributed by atoms with Gasteiger partial charge in [0.1, 0.15) is 11.5 Å². The summed E-state index contributed by atoms with van der Waals surface area (Å²) >= 11 is 0. The number of rotatable bonds is 3. The van der Waals surface area contributed by atoms with Gasteiger partial charge in [0.15, 0.2) is 0 Å². The van der Waals surface area contributed by atoms with Crippen LogP contribution in [0.15, 0.2) is 53.2 Å². The standard InChI is InChI=1S/C19H17FN4O2.ClH/c20-15-8-6-13(7-9-15)17-22-18(26-23-17)14-4-3-11-24(12-14)19(25)16-5-1-2-10-21-16;/h1-2,5-10,14H,3-4,11-12H2;1H/t14-;/m0./s1. The van der Waals surface area contributed by atoms with Crippen LogP contribution >= 0.6 is 12.4 Å². The van der Waals surface area contributed by atoms with Crippen molar-refractivity contribution < 1.29 is 13.7 Å². The molecule has 1 aromatic carbocycles. The van der Waals surface area contributed by atoms with Gasteiger partial charge in [0, 0.05) is 24.8 Å². The highest BCUT2D eigenvalue weighted by molar-refractivity contribution is 5.92. The molecule has 1 aliphatic rings. The molecule has 2 aromatic heterocycles. The van der Waals surface area contributed by atoms with Gasteiger partial charge in [-0.2, -0.15) is 4.98 Å². The molecule has 0 N–H and O–H groups in total. The molecule has 1 saturated heterocycles.